The molecule has 1 rings (SSSR count). The molecule has 1 unspecified atom stereocenters. The van der Waals surface area contributed by atoms with Crippen LogP contribution >= 0.6 is 11.6 Å². The van der Waals surface area contributed by atoms with E-state index in [1.54, 1.807) is 14.2 Å². The van der Waals surface area contributed by atoms with Crippen LogP contribution in [-0.2, 0) is 11.2 Å². The van der Waals surface area contributed by atoms with Crippen LogP contribution in [-0.4, -0.2) is 31.5 Å². The second-order valence-electron chi connectivity index (χ2n) is 4.86. The first-order valence-corrected chi connectivity index (χ1v) is 7.07. The number of alkyl halides is 1. The number of carbonyl (C=O) groups excluding carboxylic acids is 1. The lowest BCUT2D eigenvalue weighted by Crippen LogP contribution is -2.36. The summed E-state index contributed by atoms with van der Waals surface area (Å²) >= 11 is 6.09. The van der Waals surface area contributed by atoms with Crippen LogP contribution in [0.3, 0.4) is 0 Å². The fraction of sp³-hybridized carbons (Fsp3) is 0.533. The summed E-state index contributed by atoms with van der Waals surface area (Å²) in [6.07, 6.45) is 1.29. The van der Waals surface area contributed by atoms with Gasteiger partial charge in [-0.25, -0.2) is 0 Å². The van der Waals surface area contributed by atoms with E-state index in [1.165, 1.54) is 0 Å². The maximum atomic E-state index is 11.7. The molecule has 0 bridgehead atoms. The number of rotatable bonds is 7. The zero-order chi connectivity index (χ0) is 15.1. The summed E-state index contributed by atoms with van der Waals surface area (Å²) in [4.78, 5) is 11.7. The SMILES string of the molecule is COc1ccc(CCC(Cl)C(=O)NC(C)C)cc1OC. The number of carbonyl (C=O) groups is 1. The summed E-state index contributed by atoms with van der Waals surface area (Å²) in [5, 5.41) is 2.28. The zero-order valence-corrected chi connectivity index (χ0v) is 13.2. The molecule has 0 aliphatic carbocycles. The summed E-state index contributed by atoms with van der Waals surface area (Å²) in [6, 6.07) is 5.81. The molecule has 1 atom stereocenters. The van der Waals surface area contributed by atoms with E-state index in [-0.39, 0.29) is 11.9 Å². The average Bonchev–Trinajstić information content (AvgIpc) is 2.43. The molecular formula is C15H22ClNO3. The van der Waals surface area contributed by atoms with Crippen molar-refractivity contribution in [3.63, 3.8) is 0 Å². The van der Waals surface area contributed by atoms with Gasteiger partial charge in [0, 0.05) is 6.04 Å². The normalized spacial score (nSPS) is 12.1. The molecule has 0 heterocycles. The zero-order valence-electron chi connectivity index (χ0n) is 12.4. The molecule has 1 amide bonds. The Balaban J connectivity index is 2.59. The summed E-state index contributed by atoms with van der Waals surface area (Å²) in [5.74, 6) is 1.25. The maximum Gasteiger partial charge on any atom is 0.238 e. The number of benzene rings is 1. The van der Waals surface area contributed by atoms with Gasteiger partial charge in [0.15, 0.2) is 11.5 Å². The van der Waals surface area contributed by atoms with Gasteiger partial charge in [-0.1, -0.05) is 6.07 Å². The number of hydrogen-bond donors (Lipinski definition) is 1. The van der Waals surface area contributed by atoms with Crippen LogP contribution in [0.1, 0.15) is 25.8 Å². The monoisotopic (exact) mass is 299 g/mol. The Hall–Kier alpha value is -1.42. The lowest BCUT2D eigenvalue weighted by atomic mass is 10.1. The highest BCUT2D eigenvalue weighted by Gasteiger charge is 2.16. The van der Waals surface area contributed by atoms with Gasteiger partial charge in [0.1, 0.15) is 5.38 Å². The average molecular weight is 300 g/mol. The predicted molar refractivity (Wildman–Crippen MR) is 80.8 cm³/mol. The van der Waals surface area contributed by atoms with Gasteiger partial charge >= 0.3 is 0 Å². The third kappa shape index (κ3) is 4.93. The van der Waals surface area contributed by atoms with Crippen LogP contribution in [0.4, 0.5) is 0 Å². The Morgan fingerprint density at radius 1 is 1.25 bits per heavy atom. The minimum Gasteiger partial charge on any atom is -0.493 e. The third-order valence-electron chi connectivity index (χ3n) is 2.85. The number of ether oxygens (including phenoxy) is 2. The van der Waals surface area contributed by atoms with Crippen molar-refractivity contribution in [1.29, 1.82) is 0 Å². The molecule has 0 aromatic heterocycles. The van der Waals surface area contributed by atoms with Crippen molar-refractivity contribution in [2.45, 2.75) is 38.1 Å². The first-order chi connectivity index (χ1) is 9.47. The smallest absolute Gasteiger partial charge is 0.238 e. The number of methoxy groups -OCH3 is 2. The van der Waals surface area contributed by atoms with Crippen LogP contribution in [0.25, 0.3) is 0 Å². The molecule has 4 nitrogen and oxygen atoms in total. The summed E-state index contributed by atoms with van der Waals surface area (Å²) in [5.41, 5.74) is 1.06. The molecule has 0 radical (unpaired) electrons. The standard InChI is InChI=1S/C15H22ClNO3/c1-10(2)17-15(18)12(16)7-5-11-6-8-13(19-3)14(9-11)20-4/h6,8-10,12H,5,7H2,1-4H3,(H,17,18). The molecule has 1 aromatic rings. The Morgan fingerprint density at radius 3 is 2.45 bits per heavy atom. The summed E-state index contributed by atoms with van der Waals surface area (Å²) in [7, 11) is 3.20. The van der Waals surface area contributed by atoms with Gasteiger partial charge in [0.2, 0.25) is 5.91 Å². The molecule has 0 saturated carbocycles. The van der Waals surface area contributed by atoms with Crippen molar-refractivity contribution in [3.8, 4) is 11.5 Å². The fourth-order valence-corrected chi connectivity index (χ4v) is 2.01. The van der Waals surface area contributed by atoms with Crippen LogP contribution in [0.5, 0.6) is 11.5 Å². The number of hydrogen-bond acceptors (Lipinski definition) is 3. The van der Waals surface area contributed by atoms with E-state index in [1.807, 2.05) is 32.0 Å². The first kappa shape index (κ1) is 16.6. The molecule has 0 fully saturated rings. The number of amides is 1. The van der Waals surface area contributed by atoms with E-state index >= 15 is 0 Å². The van der Waals surface area contributed by atoms with Crippen molar-refractivity contribution < 1.29 is 14.3 Å². The van der Waals surface area contributed by atoms with Gasteiger partial charge in [-0.15, -0.1) is 11.6 Å². The van der Waals surface area contributed by atoms with Gasteiger partial charge in [0.25, 0.3) is 0 Å². The highest BCUT2D eigenvalue weighted by molar-refractivity contribution is 6.30. The number of aryl methyl sites for hydroxylation is 1. The maximum absolute atomic E-state index is 11.7. The van der Waals surface area contributed by atoms with Gasteiger partial charge in [-0.3, -0.25) is 4.79 Å². The van der Waals surface area contributed by atoms with Crippen molar-refractivity contribution in [1.82, 2.24) is 5.32 Å². The highest BCUT2D eigenvalue weighted by Crippen LogP contribution is 2.28. The van der Waals surface area contributed by atoms with Gasteiger partial charge in [-0.05, 0) is 44.4 Å². The molecule has 0 saturated heterocycles. The fourth-order valence-electron chi connectivity index (χ4n) is 1.84. The van der Waals surface area contributed by atoms with Crippen molar-refractivity contribution >= 4 is 17.5 Å². The van der Waals surface area contributed by atoms with Crippen LogP contribution < -0.4 is 14.8 Å². The molecular weight excluding hydrogens is 278 g/mol. The van der Waals surface area contributed by atoms with Gasteiger partial charge in [0.05, 0.1) is 14.2 Å². The minimum atomic E-state index is -0.523. The second-order valence-corrected chi connectivity index (χ2v) is 5.39. The van der Waals surface area contributed by atoms with Crippen LogP contribution in [0.15, 0.2) is 18.2 Å². The minimum absolute atomic E-state index is 0.102. The van der Waals surface area contributed by atoms with Gasteiger partial charge in [-0.2, -0.15) is 0 Å². The Labute approximate surface area is 125 Å². The molecule has 5 heteroatoms. The van der Waals surface area contributed by atoms with E-state index < -0.39 is 5.38 Å². The summed E-state index contributed by atoms with van der Waals surface area (Å²) < 4.78 is 10.4. The predicted octanol–water partition coefficient (Wildman–Crippen LogP) is 2.77. The quantitative estimate of drug-likeness (QED) is 0.788. The second kappa shape index (κ2) is 8.00. The molecule has 20 heavy (non-hydrogen) atoms. The van der Waals surface area contributed by atoms with E-state index in [4.69, 9.17) is 21.1 Å². The Bertz CT molecular complexity index is 449. The largest absolute Gasteiger partial charge is 0.493 e. The molecule has 1 N–H and O–H groups in total. The van der Waals surface area contributed by atoms with Crippen LogP contribution in [0.2, 0.25) is 0 Å². The first-order valence-electron chi connectivity index (χ1n) is 6.63. The molecule has 0 aliphatic heterocycles. The van der Waals surface area contributed by atoms with Crippen LogP contribution in [0, 0.1) is 0 Å². The number of halogens is 1. The number of nitrogens with one attached hydrogen (secondary N) is 1. The van der Waals surface area contributed by atoms with E-state index in [0.717, 1.165) is 5.56 Å². The van der Waals surface area contributed by atoms with Crippen molar-refractivity contribution in [2.75, 3.05) is 14.2 Å². The Kier molecular flexibility index (Phi) is 6.65. The molecule has 0 spiro atoms. The van der Waals surface area contributed by atoms with E-state index in [9.17, 15) is 4.79 Å². The molecule has 112 valence electrons. The van der Waals surface area contributed by atoms with Crippen molar-refractivity contribution in [2.24, 2.45) is 0 Å². The third-order valence-corrected chi connectivity index (χ3v) is 3.27. The highest BCUT2D eigenvalue weighted by atomic mass is 35.5. The van der Waals surface area contributed by atoms with E-state index in [2.05, 4.69) is 5.32 Å². The molecule has 1 aromatic carbocycles. The topological polar surface area (TPSA) is 47.6 Å². The lowest BCUT2D eigenvalue weighted by molar-refractivity contribution is -0.121. The van der Waals surface area contributed by atoms with Gasteiger partial charge < -0.3 is 14.8 Å². The Morgan fingerprint density at radius 2 is 1.90 bits per heavy atom. The van der Waals surface area contributed by atoms with E-state index in [0.29, 0.717) is 24.3 Å². The lowest BCUT2D eigenvalue weighted by Gasteiger charge is -2.13. The van der Waals surface area contributed by atoms with Crippen molar-refractivity contribution in [3.05, 3.63) is 23.8 Å². The summed E-state index contributed by atoms with van der Waals surface area (Å²) in [6.45, 7) is 3.83. The molecule has 0 aliphatic rings.